The quantitative estimate of drug-likeness (QED) is 0.437. The van der Waals surface area contributed by atoms with Crippen molar-refractivity contribution in [2.75, 3.05) is 5.32 Å². The van der Waals surface area contributed by atoms with Gasteiger partial charge in [0, 0.05) is 18.2 Å². The highest BCUT2D eigenvalue weighted by Gasteiger charge is 2.27. The lowest BCUT2D eigenvalue weighted by molar-refractivity contribution is -0.384. The Labute approximate surface area is 155 Å². The number of carbonyl (C=O) groups is 1. The first-order chi connectivity index (χ1) is 11.6. The number of carbonyl (C=O) groups excluding carboxylic acids is 1. The Morgan fingerprint density at radius 3 is 2.72 bits per heavy atom. The van der Waals surface area contributed by atoms with Gasteiger partial charge in [-0.2, -0.15) is 0 Å². The lowest BCUT2D eigenvalue weighted by Crippen LogP contribution is -2.43. The zero-order valence-electron chi connectivity index (χ0n) is 14.5. The third-order valence-corrected chi connectivity index (χ3v) is 4.23. The molecular weight excluding hydrogens is 392 g/mol. The number of rotatable bonds is 4. The second-order valence-electron chi connectivity index (χ2n) is 7.13. The summed E-state index contributed by atoms with van der Waals surface area (Å²) in [5.74, 6) is 0. The largest absolute Gasteiger partial charge is 0.444 e. The van der Waals surface area contributed by atoms with Crippen LogP contribution in [0, 0.1) is 10.1 Å². The molecule has 1 amide bonds. The second-order valence-corrected chi connectivity index (χ2v) is 7.94. The number of amides is 1. The number of aromatic nitrogens is 1. The SMILES string of the molecule is CC(C)(C)OC(=O)N[C@H]1CCCC(Nc2cc(Br)ncc2[N+](=O)[O-])C1. The number of nitro groups is 1. The van der Waals surface area contributed by atoms with Gasteiger partial charge in [0.15, 0.2) is 0 Å². The molecule has 1 aliphatic carbocycles. The Bertz CT molecular complexity index is 648. The van der Waals surface area contributed by atoms with E-state index in [2.05, 4.69) is 31.5 Å². The van der Waals surface area contributed by atoms with Crippen molar-refractivity contribution in [2.24, 2.45) is 0 Å². The van der Waals surface area contributed by atoms with Gasteiger partial charge >= 0.3 is 11.8 Å². The van der Waals surface area contributed by atoms with Gasteiger partial charge in [0.05, 0.1) is 4.92 Å². The molecule has 8 nitrogen and oxygen atoms in total. The maximum Gasteiger partial charge on any atom is 0.407 e. The molecule has 1 aromatic rings. The molecule has 0 aliphatic heterocycles. The lowest BCUT2D eigenvalue weighted by atomic mass is 9.91. The van der Waals surface area contributed by atoms with Gasteiger partial charge in [0.2, 0.25) is 0 Å². The van der Waals surface area contributed by atoms with E-state index in [1.54, 1.807) is 6.07 Å². The molecule has 1 heterocycles. The van der Waals surface area contributed by atoms with E-state index in [-0.39, 0.29) is 17.8 Å². The van der Waals surface area contributed by atoms with E-state index in [4.69, 9.17) is 4.74 Å². The van der Waals surface area contributed by atoms with Gasteiger partial charge in [-0.25, -0.2) is 9.78 Å². The average molecular weight is 415 g/mol. The number of nitrogens with zero attached hydrogens (tertiary/aromatic N) is 2. The predicted molar refractivity (Wildman–Crippen MR) is 97.6 cm³/mol. The van der Waals surface area contributed by atoms with Gasteiger partial charge in [-0.1, -0.05) is 0 Å². The molecule has 0 saturated heterocycles. The van der Waals surface area contributed by atoms with Gasteiger partial charge in [0.25, 0.3) is 0 Å². The number of nitrogens with one attached hydrogen (secondary N) is 2. The Morgan fingerprint density at radius 2 is 2.08 bits per heavy atom. The van der Waals surface area contributed by atoms with Crippen molar-refractivity contribution < 1.29 is 14.5 Å². The number of hydrogen-bond donors (Lipinski definition) is 2. The normalized spacial score (nSPS) is 20.6. The fourth-order valence-corrected chi connectivity index (χ4v) is 3.16. The van der Waals surface area contributed by atoms with Crippen LogP contribution in [0.2, 0.25) is 0 Å². The Kier molecular flexibility index (Phi) is 6.21. The Hall–Kier alpha value is -1.90. The van der Waals surface area contributed by atoms with Crippen LogP contribution in [0.5, 0.6) is 0 Å². The summed E-state index contributed by atoms with van der Waals surface area (Å²) in [4.78, 5) is 26.5. The highest BCUT2D eigenvalue weighted by molar-refractivity contribution is 9.10. The van der Waals surface area contributed by atoms with Crippen LogP contribution in [0.4, 0.5) is 16.2 Å². The van der Waals surface area contributed by atoms with E-state index in [0.29, 0.717) is 16.7 Å². The van der Waals surface area contributed by atoms with Crippen LogP contribution in [-0.2, 0) is 4.74 Å². The summed E-state index contributed by atoms with van der Waals surface area (Å²) >= 11 is 3.24. The molecule has 25 heavy (non-hydrogen) atoms. The number of halogens is 1. The Balaban J connectivity index is 1.99. The molecule has 1 aromatic heterocycles. The van der Waals surface area contributed by atoms with Gasteiger partial charge in [-0.3, -0.25) is 10.1 Å². The van der Waals surface area contributed by atoms with Crippen molar-refractivity contribution in [1.82, 2.24) is 10.3 Å². The number of ether oxygens (including phenoxy) is 1. The van der Waals surface area contributed by atoms with Crippen molar-refractivity contribution in [3.05, 3.63) is 27.0 Å². The highest BCUT2D eigenvalue weighted by Crippen LogP contribution is 2.29. The number of pyridine rings is 1. The summed E-state index contributed by atoms with van der Waals surface area (Å²) in [6, 6.07) is 1.61. The zero-order valence-corrected chi connectivity index (χ0v) is 16.1. The summed E-state index contributed by atoms with van der Waals surface area (Å²) in [6.07, 6.45) is 4.12. The van der Waals surface area contributed by atoms with Crippen LogP contribution in [0.25, 0.3) is 0 Å². The van der Waals surface area contributed by atoms with Crippen molar-refractivity contribution >= 4 is 33.4 Å². The monoisotopic (exact) mass is 414 g/mol. The first-order valence-electron chi connectivity index (χ1n) is 8.20. The molecule has 0 bridgehead atoms. The first-order valence-corrected chi connectivity index (χ1v) is 8.99. The summed E-state index contributed by atoms with van der Waals surface area (Å²) in [7, 11) is 0. The number of anilines is 1. The lowest BCUT2D eigenvalue weighted by Gasteiger charge is -2.31. The van der Waals surface area contributed by atoms with Crippen molar-refractivity contribution in [2.45, 2.75) is 64.1 Å². The highest BCUT2D eigenvalue weighted by atomic mass is 79.9. The topological polar surface area (TPSA) is 106 Å². The third-order valence-electron chi connectivity index (χ3n) is 3.80. The van der Waals surface area contributed by atoms with E-state index in [0.717, 1.165) is 19.3 Å². The smallest absolute Gasteiger partial charge is 0.407 e. The number of hydrogen-bond acceptors (Lipinski definition) is 6. The predicted octanol–water partition coefficient (Wildman–Crippen LogP) is 4.00. The molecule has 1 saturated carbocycles. The maximum absolute atomic E-state index is 11.9. The number of alkyl carbamates (subject to hydrolysis) is 1. The fraction of sp³-hybridized carbons (Fsp3) is 0.625. The van der Waals surface area contributed by atoms with Crippen molar-refractivity contribution in [3.63, 3.8) is 0 Å². The zero-order chi connectivity index (χ0) is 18.6. The maximum atomic E-state index is 11.9. The van der Waals surface area contributed by atoms with E-state index in [9.17, 15) is 14.9 Å². The fourth-order valence-electron chi connectivity index (χ4n) is 2.83. The van der Waals surface area contributed by atoms with Crippen LogP contribution >= 0.6 is 15.9 Å². The van der Waals surface area contributed by atoms with Crippen LogP contribution < -0.4 is 10.6 Å². The second kappa shape index (κ2) is 7.99. The molecule has 0 radical (unpaired) electrons. The van der Waals surface area contributed by atoms with E-state index in [1.165, 1.54) is 6.20 Å². The molecule has 1 fully saturated rings. The third kappa shape index (κ3) is 6.15. The first kappa shape index (κ1) is 19.4. The minimum Gasteiger partial charge on any atom is -0.444 e. The van der Waals surface area contributed by atoms with Gasteiger partial charge in [-0.15, -0.1) is 0 Å². The molecule has 9 heteroatoms. The molecule has 2 N–H and O–H groups in total. The molecule has 0 aromatic carbocycles. The standard InChI is InChI=1S/C16H23BrN4O4/c1-16(2,3)25-15(22)20-11-6-4-5-10(7-11)19-12-8-14(17)18-9-13(12)21(23)24/h8-11H,4-7H2,1-3H3,(H,18,19)(H,20,22)/t10?,11-/m0/s1. The molecule has 2 atom stereocenters. The van der Waals surface area contributed by atoms with Gasteiger partial charge < -0.3 is 15.4 Å². The summed E-state index contributed by atoms with van der Waals surface area (Å²) in [6.45, 7) is 5.45. The Morgan fingerprint density at radius 1 is 1.40 bits per heavy atom. The molecule has 1 unspecified atom stereocenters. The van der Waals surface area contributed by atoms with E-state index in [1.807, 2.05) is 20.8 Å². The summed E-state index contributed by atoms with van der Waals surface area (Å²) in [5.41, 5.74) is -0.180. The molecule has 0 spiro atoms. The van der Waals surface area contributed by atoms with E-state index < -0.39 is 16.6 Å². The molecular formula is C16H23BrN4O4. The van der Waals surface area contributed by atoms with Crippen LogP contribution in [0.1, 0.15) is 46.5 Å². The molecule has 138 valence electrons. The summed E-state index contributed by atoms with van der Waals surface area (Å²) in [5, 5.41) is 17.3. The average Bonchev–Trinajstić information content (AvgIpc) is 2.45. The van der Waals surface area contributed by atoms with Gasteiger partial charge in [-0.05, 0) is 62.4 Å². The van der Waals surface area contributed by atoms with Gasteiger partial charge in [0.1, 0.15) is 22.1 Å². The van der Waals surface area contributed by atoms with Crippen LogP contribution in [-0.4, -0.2) is 33.7 Å². The van der Waals surface area contributed by atoms with Crippen molar-refractivity contribution in [3.8, 4) is 0 Å². The van der Waals surface area contributed by atoms with E-state index >= 15 is 0 Å². The van der Waals surface area contributed by atoms with Crippen molar-refractivity contribution in [1.29, 1.82) is 0 Å². The van der Waals surface area contributed by atoms with Crippen LogP contribution in [0.15, 0.2) is 16.9 Å². The molecule has 1 aliphatic rings. The van der Waals surface area contributed by atoms with Crippen LogP contribution in [0.3, 0.4) is 0 Å². The minimum absolute atomic E-state index is 0.0227. The molecule has 2 rings (SSSR count). The minimum atomic E-state index is -0.541. The summed E-state index contributed by atoms with van der Waals surface area (Å²) < 4.78 is 5.81.